The number of rotatable bonds is 3. The number of alkyl halides is 1. The van der Waals surface area contributed by atoms with Crippen LogP contribution in [0.2, 0.25) is 0 Å². The van der Waals surface area contributed by atoms with Crippen LogP contribution in [-0.2, 0) is 4.79 Å². The molecule has 0 unspecified atom stereocenters. The van der Waals surface area contributed by atoms with E-state index in [2.05, 4.69) is 0 Å². The van der Waals surface area contributed by atoms with E-state index in [4.69, 9.17) is 11.6 Å². The summed E-state index contributed by atoms with van der Waals surface area (Å²) in [4.78, 5) is 20.0. The Labute approximate surface area is 79.3 Å². The molecule has 5 heteroatoms. The number of carbonyl (C=O) groups excluding carboxylic acids is 1. The lowest BCUT2D eigenvalue weighted by molar-refractivity contribution is -0.384. The summed E-state index contributed by atoms with van der Waals surface area (Å²) in [5.74, 6) is 0. The second-order valence-electron chi connectivity index (χ2n) is 2.39. The van der Waals surface area contributed by atoms with Crippen molar-refractivity contribution in [3.8, 4) is 0 Å². The quantitative estimate of drug-likeness (QED) is 0.324. The molecular formula is C8H6ClNO3. The first-order valence-electron chi connectivity index (χ1n) is 3.49. The van der Waals surface area contributed by atoms with Crippen molar-refractivity contribution in [1.29, 1.82) is 0 Å². The molecule has 0 spiro atoms. The summed E-state index contributed by atoms with van der Waals surface area (Å²) in [6, 6.07) is 5.55. The number of nitro groups is 1. The Morgan fingerprint density at radius 3 is 2.31 bits per heavy atom. The smallest absolute Gasteiger partial charge is 0.269 e. The number of nitrogens with zero attached hydrogens (tertiary/aromatic N) is 1. The molecule has 0 aliphatic heterocycles. The zero-order valence-electron chi connectivity index (χ0n) is 6.51. The van der Waals surface area contributed by atoms with E-state index in [1.165, 1.54) is 24.3 Å². The molecule has 0 N–H and O–H groups in total. The molecule has 0 radical (unpaired) electrons. The highest BCUT2D eigenvalue weighted by molar-refractivity contribution is 6.27. The molecular weight excluding hydrogens is 194 g/mol. The standard InChI is InChI=1S/C8H6ClNO3/c9-8(5-11)6-1-3-7(4-2-6)10(12)13/h1-5,8H/t8-/m0/s1. The van der Waals surface area contributed by atoms with Crippen LogP contribution in [0, 0.1) is 10.1 Å². The molecule has 1 aromatic rings. The number of nitro benzene ring substituents is 1. The first-order valence-corrected chi connectivity index (χ1v) is 3.92. The third kappa shape index (κ3) is 2.26. The number of aldehydes is 1. The van der Waals surface area contributed by atoms with Crippen LogP contribution in [0.4, 0.5) is 5.69 Å². The molecule has 68 valence electrons. The molecule has 0 aromatic heterocycles. The Bertz CT molecular complexity index is 323. The second-order valence-corrected chi connectivity index (χ2v) is 2.86. The van der Waals surface area contributed by atoms with Gasteiger partial charge in [-0.05, 0) is 5.56 Å². The molecule has 0 aliphatic carbocycles. The van der Waals surface area contributed by atoms with Crippen LogP contribution < -0.4 is 0 Å². The molecule has 0 bridgehead atoms. The van der Waals surface area contributed by atoms with Crippen LogP contribution in [0.3, 0.4) is 0 Å². The van der Waals surface area contributed by atoms with E-state index >= 15 is 0 Å². The van der Waals surface area contributed by atoms with Crippen molar-refractivity contribution in [3.63, 3.8) is 0 Å². The zero-order chi connectivity index (χ0) is 9.84. The van der Waals surface area contributed by atoms with E-state index in [0.29, 0.717) is 11.8 Å². The lowest BCUT2D eigenvalue weighted by Gasteiger charge is -1.99. The van der Waals surface area contributed by atoms with Gasteiger partial charge in [0.25, 0.3) is 5.69 Å². The summed E-state index contributed by atoms with van der Waals surface area (Å²) < 4.78 is 0. The van der Waals surface area contributed by atoms with Gasteiger partial charge in [-0.1, -0.05) is 12.1 Å². The van der Waals surface area contributed by atoms with Gasteiger partial charge >= 0.3 is 0 Å². The molecule has 1 atom stereocenters. The molecule has 0 aliphatic rings. The van der Waals surface area contributed by atoms with E-state index < -0.39 is 10.3 Å². The predicted molar refractivity (Wildman–Crippen MR) is 47.8 cm³/mol. The van der Waals surface area contributed by atoms with Gasteiger partial charge in [0.2, 0.25) is 0 Å². The number of benzene rings is 1. The number of hydrogen-bond donors (Lipinski definition) is 0. The Kier molecular flexibility index (Phi) is 2.97. The minimum absolute atomic E-state index is 0.0153. The topological polar surface area (TPSA) is 60.2 Å². The Morgan fingerprint density at radius 1 is 1.38 bits per heavy atom. The van der Waals surface area contributed by atoms with Gasteiger partial charge in [0, 0.05) is 12.1 Å². The molecule has 0 fully saturated rings. The summed E-state index contributed by atoms with van der Waals surface area (Å²) in [5, 5.41) is 9.52. The Balaban J connectivity index is 2.93. The lowest BCUT2D eigenvalue weighted by Crippen LogP contribution is -1.92. The average Bonchev–Trinajstić information content (AvgIpc) is 2.17. The highest BCUT2D eigenvalue weighted by atomic mass is 35.5. The maximum Gasteiger partial charge on any atom is 0.269 e. The molecule has 4 nitrogen and oxygen atoms in total. The first-order chi connectivity index (χ1) is 6.15. The second kappa shape index (κ2) is 4.00. The van der Waals surface area contributed by atoms with Crippen LogP contribution in [0.25, 0.3) is 0 Å². The van der Waals surface area contributed by atoms with Crippen LogP contribution in [0.15, 0.2) is 24.3 Å². The number of hydrogen-bond acceptors (Lipinski definition) is 3. The molecule has 0 saturated carbocycles. The minimum Gasteiger partial charge on any atom is -0.301 e. The third-order valence-electron chi connectivity index (χ3n) is 1.54. The van der Waals surface area contributed by atoms with E-state index in [-0.39, 0.29) is 5.69 Å². The number of halogens is 1. The normalized spacial score (nSPS) is 12.1. The maximum atomic E-state index is 10.3. The van der Waals surface area contributed by atoms with E-state index in [1.807, 2.05) is 0 Å². The van der Waals surface area contributed by atoms with Gasteiger partial charge in [-0.3, -0.25) is 10.1 Å². The van der Waals surface area contributed by atoms with E-state index in [9.17, 15) is 14.9 Å². The van der Waals surface area contributed by atoms with Gasteiger partial charge in [0.15, 0.2) is 0 Å². The molecule has 13 heavy (non-hydrogen) atoms. The highest BCUT2D eigenvalue weighted by Crippen LogP contribution is 2.20. The third-order valence-corrected chi connectivity index (χ3v) is 1.90. The van der Waals surface area contributed by atoms with Crippen molar-refractivity contribution >= 4 is 23.6 Å². The summed E-state index contributed by atoms with van der Waals surface area (Å²) >= 11 is 5.58. The van der Waals surface area contributed by atoms with Gasteiger partial charge in [0.05, 0.1) is 4.92 Å². The van der Waals surface area contributed by atoms with Crippen LogP contribution in [0.1, 0.15) is 10.9 Å². The molecule has 0 saturated heterocycles. The van der Waals surface area contributed by atoms with Crippen molar-refractivity contribution in [1.82, 2.24) is 0 Å². The van der Waals surface area contributed by atoms with Gasteiger partial charge in [-0.15, -0.1) is 11.6 Å². The monoisotopic (exact) mass is 199 g/mol. The van der Waals surface area contributed by atoms with Crippen LogP contribution in [-0.4, -0.2) is 11.2 Å². The summed E-state index contributed by atoms with van der Waals surface area (Å²) in [6.45, 7) is 0. The fourth-order valence-electron chi connectivity index (χ4n) is 0.858. The maximum absolute atomic E-state index is 10.3. The summed E-state index contributed by atoms with van der Waals surface area (Å²) in [5.41, 5.74) is 0.542. The van der Waals surface area contributed by atoms with Crippen LogP contribution in [0.5, 0.6) is 0 Å². The first kappa shape index (κ1) is 9.67. The zero-order valence-corrected chi connectivity index (χ0v) is 7.27. The summed E-state index contributed by atoms with van der Waals surface area (Å²) in [6.07, 6.45) is 0.572. The minimum atomic E-state index is -0.735. The molecule has 1 rings (SSSR count). The van der Waals surface area contributed by atoms with Crippen molar-refractivity contribution in [3.05, 3.63) is 39.9 Å². The predicted octanol–water partition coefficient (Wildman–Crippen LogP) is 2.07. The van der Waals surface area contributed by atoms with Gasteiger partial charge in [-0.2, -0.15) is 0 Å². The SMILES string of the molecule is O=C[C@H](Cl)c1ccc([N+](=O)[O-])cc1. The summed E-state index contributed by atoms with van der Waals surface area (Å²) in [7, 11) is 0. The van der Waals surface area contributed by atoms with Crippen molar-refractivity contribution in [2.24, 2.45) is 0 Å². The van der Waals surface area contributed by atoms with Crippen LogP contribution >= 0.6 is 11.6 Å². The van der Waals surface area contributed by atoms with Crippen molar-refractivity contribution < 1.29 is 9.72 Å². The number of non-ortho nitro benzene ring substituents is 1. The Hall–Kier alpha value is -1.42. The largest absolute Gasteiger partial charge is 0.301 e. The Morgan fingerprint density at radius 2 is 1.92 bits per heavy atom. The molecule has 0 amide bonds. The van der Waals surface area contributed by atoms with Crippen molar-refractivity contribution in [2.75, 3.05) is 0 Å². The van der Waals surface area contributed by atoms with Gasteiger partial charge in [0.1, 0.15) is 11.7 Å². The van der Waals surface area contributed by atoms with Gasteiger partial charge < -0.3 is 4.79 Å². The number of carbonyl (C=O) groups is 1. The fraction of sp³-hybridized carbons (Fsp3) is 0.125. The van der Waals surface area contributed by atoms with E-state index in [1.54, 1.807) is 0 Å². The molecule has 1 aromatic carbocycles. The molecule has 0 heterocycles. The average molecular weight is 200 g/mol. The van der Waals surface area contributed by atoms with Crippen molar-refractivity contribution in [2.45, 2.75) is 5.38 Å². The lowest BCUT2D eigenvalue weighted by atomic mass is 10.1. The van der Waals surface area contributed by atoms with Gasteiger partial charge in [-0.25, -0.2) is 0 Å². The van der Waals surface area contributed by atoms with E-state index in [0.717, 1.165) is 0 Å². The highest BCUT2D eigenvalue weighted by Gasteiger charge is 2.08. The fourth-order valence-corrected chi connectivity index (χ4v) is 1.00.